The van der Waals surface area contributed by atoms with Crippen LogP contribution in [0.25, 0.3) is 0 Å². The van der Waals surface area contributed by atoms with E-state index in [0.717, 1.165) is 13.0 Å². The number of β-lactam (4-membered cyclic amide) rings is 1. The second-order valence-corrected chi connectivity index (χ2v) is 14.0. The average molecular weight is 342 g/mol. The van der Waals surface area contributed by atoms with Crippen molar-refractivity contribution in [3.8, 4) is 0 Å². The van der Waals surface area contributed by atoms with Gasteiger partial charge in [-0.1, -0.05) is 27.7 Å². The van der Waals surface area contributed by atoms with Crippen LogP contribution < -0.4 is 0 Å². The van der Waals surface area contributed by atoms with Gasteiger partial charge in [0.15, 0.2) is 8.32 Å². The molecule has 1 amide bonds. The second kappa shape index (κ2) is 5.85. The third-order valence-electron chi connectivity index (χ3n) is 6.22. The van der Waals surface area contributed by atoms with Crippen LogP contribution in [-0.2, 0) is 14.0 Å². The Bertz CT molecular complexity index is 469. The third kappa shape index (κ3) is 3.12. The van der Waals surface area contributed by atoms with Gasteiger partial charge in [-0.2, -0.15) is 0 Å². The largest absolute Gasteiger partial charge is 0.413 e. The number of fused-ring (bicyclic) bond motifs is 1. The van der Waals surface area contributed by atoms with Gasteiger partial charge in [-0.15, -0.1) is 0 Å². The molecular formula is C18H35NO3Si. The zero-order valence-electron chi connectivity index (χ0n) is 16.4. The summed E-state index contributed by atoms with van der Waals surface area (Å²) in [5.74, 6) is 0.595. The van der Waals surface area contributed by atoms with Crippen LogP contribution >= 0.6 is 0 Å². The quantitative estimate of drug-likeness (QED) is 0.573. The molecule has 134 valence electrons. The fraction of sp³-hybridized carbons (Fsp3) is 0.944. The molecule has 23 heavy (non-hydrogen) atoms. The maximum Gasteiger partial charge on any atom is 0.232 e. The monoisotopic (exact) mass is 341 g/mol. The van der Waals surface area contributed by atoms with E-state index in [-0.39, 0.29) is 29.0 Å². The number of hydrogen-bond donors (Lipinski definition) is 0. The number of carbonyl (C=O) groups excluding carboxylic acids is 1. The predicted octanol–water partition coefficient (Wildman–Crippen LogP) is 4.02. The molecule has 2 saturated heterocycles. The molecule has 0 aromatic rings. The lowest BCUT2D eigenvalue weighted by Gasteiger charge is -2.62. The Balaban J connectivity index is 2.18. The average Bonchev–Trinajstić information content (AvgIpc) is 2.34. The van der Waals surface area contributed by atoms with Crippen LogP contribution in [0.1, 0.15) is 54.9 Å². The van der Waals surface area contributed by atoms with E-state index in [2.05, 4.69) is 47.7 Å². The molecule has 0 bridgehead atoms. The molecule has 0 aromatic carbocycles. The van der Waals surface area contributed by atoms with E-state index < -0.39 is 14.0 Å². The van der Waals surface area contributed by atoms with Gasteiger partial charge in [0.1, 0.15) is 5.72 Å². The van der Waals surface area contributed by atoms with Gasteiger partial charge < -0.3 is 14.1 Å². The van der Waals surface area contributed by atoms with Gasteiger partial charge in [-0.3, -0.25) is 4.79 Å². The zero-order valence-corrected chi connectivity index (χ0v) is 17.4. The summed E-state index contributed by atoms with van der Waals surface area (Å²) < 4.78 is 12.5. The van der Waals surface area contributed by atoms with Crippen molar-refractivity contribution >= 4 is 14.2 Å². The molecule has 0 N–H and O–H groups in total. The second-order valence-electron chi connectivity index (χ2n) is 9.23. The summed E-state index contributed by atoms with van der Waals surface area (Å²) in [7, 11) is -1.87. The standard InChI is InChI=1S/C18H35NO3Si/c1-10-13-11-21-18(6,7)19-15(13)14(16(19)20)12(2)22-23(8,9)17(3,4)5/h12-15H,10-11H2,1-9H3/t12-,13?,14-,15-/m1/s1. The lowest BCUT2D eigenvalue weighted by molar-refractivity contribution is -0.256. The molecule has 5 heteroatoms. The van der Waals surface area contributed by atoms with Gasteiger partial charge in [-0.25, -0.2) is 0 Å². The Morgan fingerprint density at radius 1 is 1.39 bits per heavy atom. The van der Waals surface area contributed by atoms with Crippen molar-refractivity contribution in [2.24, 2.45) is 11.8 Å². The fourth-order valence-electron chi connectivity index (χ4n) is 3.69. The normalized spacial score (nSPS) is 32.3. The number of nitrogens with zero attached hydrogens (tertiary/aromatic N) is 1. The highest BCUT2D eigenvalue weighted by Gasteiger charge is 2.61. The highest BCUT2D eigenvalue weighted by atomic mass is 28.4. The Labute approximate surface area is 143 Å². The van der Waals surface area contributed by atoms with E-state index in [9.17, 15) is 4.79 Å². The van der Waals surface area contributed by atoms with Crippen molar-refractivity contribution in [2.45, 2.75) is 90.9 Å². The maximum atomic E-state index is 12.8. The van der Waals surface area contributed by atoms with Crippen molar-refractivity contribution in [1.82, 2.24) is 4.90 Å². The Morgan fingerprint density at radius 3 is 2.43 bits per heavy atom. The van der Waals surface area contributed by atoms with Gasteiger partial charge in [0.2, 0.25) is 5.91 Å². The molecule has 2 heterocycles. The van der Waals surface area contributed by atoms with Crippen LogP contribution in [0.3, 0.4) is 0 Å². The molecule has 4 nitrogen and oxygen atoms in total. The topological polar surface area (TPSA) is 38.8 Å². The first kappa shape index (κ1) is 18.9. The first-order valence-corrected chi connectivity index (χ1v) is 11.9. The minimum atomic E-state index is -1.87. The first-order valence-electron chi connectivity index (χ1n) is 8.98. The lowest BCUT2D eigenvalue weighted by Crippen LogP contribution is -2.76. The molecule has 0 spiro atoms. The third-order valence-corrected chi connectivity index (χ3v) is 10.8. The predicted molar refractivity (Wildman–Crippen MR) is 95.7 cm³/mol. The number of carbonyl (C=O) groups is 1. The Kier molecular flexibility index (Phi) is 4.82. The Hall–Kier alpha value is -0.393. The van der Waals surface area contributed by atoms with E-state index in [1.165, 1.54) is 0 Å². The van der Waals surface area contributed by atoms with Gasteiger partial charge in [0, 0.05) is 5.92 Å². The summed E-state index contributed by atoms with van der Waals surface area (Å²) in [6.07, 6.45) is 1.01. The molecule has 1 unspecified atom stereocenters. The summed E-state index contributed by atoms with van der Waals surface area (Å²) in [4.78, 5) is 14.8. The minimum Gasteiger partial charge on any atom is -0.413 e. The van der Waals surface area contributed by atoms with E-state index in [1.54, 1.807) is 0 Å². The summed E-state index contributed by atoms with van der Waals surface area (Å²) in [5, 5.41) is 0.160. The molecule has 0 radical (unpaired) electrons. The van der Waals surface area contributed by atoms with Crippen LogP contribution in [0.5, 0.6) is 0 Å². The van der Waals surface area contributed by atoms with E-state index >= 15 is 0 Å². The molecular weight excluding hydrogens is 306 g/mol. The van der Waals surface area contributed by atoms with Gasteiger partial charge in [-0.05, 0) is 45.3 Å². The summed E-state index contributed by atoms with van der Waals surface area (Å²) >= 11 is 0. The molecule has 4 atom stereocenters. The van der Waals surface area contributed by atoms with Crippen molar-refractivity contribution in [3.05, 3.63) is 0 Å². The van der Waals surface area contributed by atoms with Gasteiger partial charge in [0.25, 0.3) is 0 Å². The molecule has 0 aromatic heterocycles. The number of amides is 1. The summed E-state index contributed by atoms with van der Waals surface area (Å²) in [6, 6.07) is 0.260. The lowest BCUT2D eigenvalue weighted by atomic mass is 9.72. The van der Waals surface area contributed by atoms with Crippen molar-refractivity contribution < 1.29 is 14.0 Å². The van der Waals surface area contributed by atoms with Crippen LogP contribution in [-0.4, -0.2) is 43.6 Å². The van der Waals surface area contributed by atoms with Crippen molar-refractivity contribution in [1.29, 1.82) is 0 Å². The van der Waals surface area contributed by atoms with Crippen LogP contribution in [0.4, 0.5) is 0 Å². The van der Waals surface area contributed by atoms with E-state index in [4.69, 9.17) is 9.16 Å². The maximum absolute atomic E-state index is 12.8. The molecule has 0 saturated carbocycles. The molecule has 2 aliphatic heterocycles. The van der Waals surface area contributed by atoms with E-state index in [1.807, 2.05) is 18.7 Å². The molecule has 0 aliphatic carbocycles. The number of ether oxygens (including phenoxy) is 1. The highest BCUT2D eigenvalue weighted by molar-refractivity contribution is 6.74. The number of hydrogen-bond acceptors (Lipinski definition) is 3. The van der Waals surface area contributed by atoms with Crippen molar-refractivity contribution in [3.63, 3.8) is 0 Å². The fourth-order valence-corrected chi connectivity index (χ4v) is 5.12. The SMILES string of the molecule is CCC1COC(C)(C)N2C(=O)[C@H]([C@@H](C)O[Si](C)(C)C(C)(C)C)[C@@H]12. The summed E-state index contributed by atoms with van der Waals surface area (Å²) in [6.45, 7) is 20.3. The molecule has 2 rings (SSSR count). The number of rotatable bonds is 4. The van der Waals surface area contributed by atoms with Crippen LogP contribution in [0.2, 0.25) is 18.1 Å². The molecule has 2 aliphatic rings. The van der Waals surface area contributed by atoms with Crippen molar-refractivity contribution in [2.75, 3.05) is 6.61 Å². The van der Waals surface area contributed by atoms with E-state index in [0.29, 0.717) is 5.92 Å². The zero-order chi connectivity index (χ0) is 17.8. The smallest absolute Gasteiger partial charge is 0.232 e. The Morgan fingerprint density at radius 2 is 1.96 bits per heavy atom. The minimum absolute atomic E-state index is 0.0164. The van der Waals surface area contributed by atoms with Crippen LogP contribution in [0.15, 0.2) is 0 Å². The molecule has 2 fully saturated rings. The van der Waals surface area contributed by atoms with Gasteiger partial charge >= 0.3 is 0 Å². The highest BCUT2D eigenvalue weighted by Crippen LogP contribution is 2.47. The van der Waals surface area contributed by atoms with Gasteiger partial charge in [0.05, 0.1) is 24.7 Å². The van der Waals surface area contributed by atoms with Crippen LogP contribution in [0, 0.1) is 11.8 Å². The summed E-state index contributed by atoms with van der Waals surface area (Å²) in [5.41, 5.74) is -0.486. The first-order chi connectivity index (χ1) is 10.3.